The molecule has 4 saturated heterocycles. The predicted molar refractivity (Wildman–Crippen MR) is 311 cm³/mol. The lowest BCUT2D eigenvalue weighted by molar-refractivity contribution is -0.126. The Bertz CT molecular complexity index is 1940. The van der Waals surface area contributed by atoms with Gasteiger partial charge in [-0.05, 0) is 138 Å². The second-order valence-electron chi connectivity index (χ2n) is 26.2. The van der Waals surface area contributed by atoms with Crippen LogP contribution in [0, 0.1) is 21.7 Å². The topological polar surface area (TPSA) is 181 Å². The maximum Gasteiger partial charge on any atom is 0.327 e. The smallest absolute Gasteiger partial charge is 0.327 e. The van der Waals surface area contributed by atoms with E-state index < -0.39 is 0 Å². The summed E-state index contributed by atoms with van der Waals surface area (Å²) in [7, 11) is 3.34. The molecule has 0 N–H and O–H groups in total. The maximum atomic E-state index is 12.2. The largest absolute Gasteiger partial charge is 0.381 e. The number of unbranched alkanes of at least 4 members (excludes halogenated alkanes) is 7. The minimum absolute atomic E-state index is 0.0640. The Hall–Kier alpha value is -4.32. The Morgan fingerprint density at radius 1 is 0.316 bits per heavy atom. The monoisotopic (exact) mass is 1110 g/mol. The third-order valence-electron chi connectivity index (χ3n) is 16.7. The minimum Gasteiger partial charge on any atom is -0.381 e. The van der Waals surface area contributed by atoms with Crippen molar-refractivity contribution in [3.63, 3.8) is 0 Å². The van der Waals surface area contributed by atoms with Gasteiger partial charge in [-0.1, -0.05) is 100 Å². The zero-order valence-corrected chi connectivity index (χ0v) is 51.8. The van der Waals surface area contributed by atoms with Gasteiger partial charge in [0.2, 0.25) is 23.6 Å². The first-order chi connectivity index (χ1) is 37.2. The normalized spacial score (nSPS) is 16.9. The highest BCUT2D eigenvalue weighted by molar-refractivity contribution is 6.03. The van der Waals surface area contributed by atoms with Crippen LogP contribution in [-0.4, -0.2) is 193 Å². The number of carbonyl (C=O) groups is 8. The molecule has 4 rings (SSSR count). The summed E-state index contributed by atoms with van der Waals surface area (Å²) in [6.07, 6.45) is 24.3. The minimum atomic E-state index is -0.173. The van der Waals surface area contributed by atoms with E-state index in [1.165, 1.54) is 29.4 Å². The van der Waals surface area contributed by atoms with Gasteiger partial charge in [-0.2, -0.15) is 0 Å². The van der Waals surface area contributed by atoms with Crippen molar-refractivity contribution in [2.45, 2.75) is 217 Å². The van der Waals surface area contributed by atoms with E-state index in [-0.39, 0.29) is 95.6 Å². The number of hydrogen-bond donors (Lipinski definition) is 0. The van der Waals surface area contributed by atoms with Gasteiger partial charge in [0.15, 0.2) is 0 Å². The molecule has 0 bridgehead atoms. The molecule has 12 amide bonds. The fourth-order valence-electron chi connectivity index (χ4n) is 11.2. The van der Waals surface area contributed by atoms with Crippen LogP contribution >= 0.6 is 0 Å². The molecule has 79 heavy (non-hydrogen) atoms. The first-order valence-corrected chi connectivity index (χ1v) is 30.7. The molecule has 454 valence electrons. The molecule has 0 aromatic carbocycles. The Balaban J connectivity index is 0.000000415. The maximum absolute atomic E-state index is 12.2. The molecule has 18 heteroatoms. The molecule has 4 aliphatic heterocycles. The van der Waals surface area contributed by atoms with E-state index in [0.717, 1.165) is 174 Å². The number of imide groups is 4. The molecular formula is C61H110N8O10. The van der Waals surface area contributed by atoms with E-state index in [4.69, 9.17) is 9.47 Å². The Morgan fingerprint density at radius 3 is 0.785 bits per heavy atom. The summed E-state index contributed by atoms with van der Waals surface area (Å²) >= 11 is 0. The summed E-state index contributed by atoms with van der Waals surface area (Å²) in [5.74, 6) is -0.300. The number of nitrogens with zero attached hydrogens (tertiary/aromatic N) is 8. The Kier molecular flexibility index (Phi) is 29.8. The summed E-state index contributed by atoms with van der Waals surface area (Å²) in [5, 5.41) is 0. The number of likely N-dealkylation sites (N-methyl/N-ethyl adjacent to an activating group) is 4. The van der Waals surface area contributed by atoms with Crippen molar-refractivity contribution < 1.29 is 47.8 Å². The van der Waals surface area contributed by atoms with Crippen LogP contribution in [0.5, 0.6) is 0 Å². The predicted octanol–water partition coefficient (Wildman–Crippen LogP) is 11.4. The van der Waals surface area contributed by atoms with Gasteiger partial charge in [0.25, 0.3) is 0 Å². The molecule has 0 aromatic heterocycles. The van der Waals surface area contributed by atoms with Crippen LogP contribution < -0.4 is 0 Å². The molecular weight excluding hydrogens is 1000 g/mol. The van der Waals surface area contributed by atoms with E-state index in [0.29, 0.717) is 39.3 Å². The van der Waals surface area contributed by atoms with Gasteiger partial charge in [0, 0.05) is 79.8 Å². The van der Waals surface area contributed by atoms with Crippen LogP contribution in [0.4, 0.5) is 19.2 Å². The lowest BCUT2D eigenvalue weighted by atomic mass is 9.82. The van der Waals surface area contributed by atoms with E-state index in [2.05, 4.69) is 55.4 Å². The van der Waals surface area contributed by atoms with E-state index in [9.17, 15) is 38.4 Å². The SMILES string of the molecule is CCN1CC(=O)N(CCCCC(C)(C)CCCCOCCCCC(C)(C)CCCCN2C(=O)CN(C)C2=O)C1=O.CCN1CC(=O)N(CCCCC(C)(C)CCCCOCCCCC(C)(C)CCCN2C(=O)CN(C)C2=O)C1=O. The highest BCUT2D eigenvalue weighted by Crippen LogP contribution is 2.33. The average Bonchev–Trinajstić information content (AvgIpc) is 4.02. The van der Waals surface area contributed by atoms with Crippen LogP contribution in [0.3, 0.4) is 0 Å². The molecule has 0 aromatic rings. The standard InChI is InChI=1S/C31H56N4O5.C30H54N4O5/c1-7-33-25-27(37)35(29(33)39)21-13-9-17-31(4,5)19-11-15-23-40-22-14-10-18-30(2,3)16-8-12-20-34-26(36)24-32(6)28(34)38;1-7-32-24-26(36)34(28(32)38)19-11-8-15-29(2,3)16-9-12-21-39-22-13-10-17-30(4,5)18-14-20-33-25(35)23-31(6)27(33)37/h7-25H2,1-6H3;7-24H2,1-6H3. The number of carbonyl (C=O) groups excluding carboxylic acids is 8. The first-order valence-electron chi connectivity index (χ1n) is 30.7. The summed E-state index contributed by atoms with van der Waals surface area (Å²) in [5.41, 5.74) is 0.969. The molecule has 0 atom stereocenters. The van der Waals surface area contributed by atoms with Crippen LogP contribution in [-0.2, 0) is 28.7 Å². The van der Waals surface area contributed by atoms with Gasteiger partial charge < -0.3 is 29.1 Å². The molecule has 4 heterocycles. The second-order valence-corrected chi connectivity index (χ2v) is 26.2. The lowest BCUT2D eigenvalue weighted by Gasteiger charge is -2.25. The van der Waals surface area contributed by atoms with Crippen LogP contribution in [0.2, 0.25) is 0 Å². The molecule has 0 unspecified atom stereocenters. The molecule has 4 aliphatic rings. The average molecular weight is 1120 g/mol. The summed E-state index contributed by atoms with van der Waals surface area (Å²) in [6.45, 7) is 29.6. The third-order valence-corrected chi connectivity index (χ3v) is 16.7. The van der Waals surface area contributed by atoms with Gasteiger partial charge in [-0.25, -0.2) is 19.2 Å². The highest BCUT2D eigenvalue weighted by Gasteiger charge is 2.37. The van der Waals surface area contributed by atoms with E-state index >= 15 is 0 Å². The number of urea groups is 4. The van der Waals surface area contributed by atoms with Gasteiger partial charge >= 0.3 is 24.1 Å². The number of amides is 12. The van der Waals surface area contributed by atoms with Gasteiger partial charge in [0.05, 0.1) is 0 Å². The Morgan fingerprint density at radius 2 is 0.544 bits per heavy atom. The van der Waals surface area contributed by atoms with Gasteiger partial charge in [-0.15, -0.1) is 0 Å². The Labute approximate surface area is 477 Å². The van der Waals surface area contributed by atoms with Gasteiger partial charge in [-0.3, -0.25) is 38.8 Å². The van der Waals surface area contributed by atoms with Gasteiger partial charge in [0.1, 0.15) is 26.2 Å². The zero-order valence-electron chi connectivity index (χ0n) is 51.8. The molecule has 18 nitrogen and oxygen atoms in total. The number of rotatable bonds is 41. The van der Waals surface area contributed by atoms with Crippen molar-refractivity contribution in [1.82, 2.24) is 39.2 Å². The van der Waals surface area contributed by atoms with Crippen molar-refractivity contribution in [3.8, 4) is 0 Å². The summed E-state index contributed by atoms with van der Waals surface area (Å²) < 4.78 is 11.8. The van der Waals surface area contributed by atoms with E-state index in [1.54, 1.807) is 23.9 Å². The zero-order chi connectivity index (χ0) is 58.8. The molecule has 4 fully saturated rings. The molecule has 0 spiro atoms. The third kappa shape index (κ3) is 25.2. The first kappa shape index (κ1) is 69.0. The van der Waals surface area contributed by atoms with Crippen LogP contribution in [0.25, 0.3) is 0 Å². The molecule has 0 saturated carbocycles. The number of hydrogen-bond acceptors (Lipinski definition) is 10. The second kappa shape index (κ2) is 34.2. The lowest BCUT2D eigenvalue weighted by Crippen LogP contribution is -2.33. The summed E-state index contributed by atoms with van der Waals surface area (Å²) in [4.78, 5) is 108. The molecule has 0 aliphatic carbocycles. The van der Waals surface area contributed by atoms with Crippen molar-refractivity contribution in [2.75, 3.05) is 106 Å². The van der Waals surface area contributed by atoms with Crippen molar-refractivity contribution in [1.29, 1.82) is 0 Å². The number of ether oxygens (including phenoxy) is 2. The molecule has 0 radical (unpaired) electrons. The fourth-order valence-corrected chi connectivity index (χ4v) is 11.2. The van der Waals surface area contributed by atoms with Crippen molar-refractivity contribution >= 4 is 47.8 Å². The highest BCUT2D eigenvalue weighted by atomic mass is 16.5. The van der Waals surface area contributed by atoms with Crippen LogP contribution in [0.1, 0.15) is 217 Å². The van der Waals surface area contributed by atoms with Crippen molar-refractivity contribution in [2.24, 2.45) is 21.7 Å². The fraction of sp³-hybridized carbons (Fsp3) is 0.869. The van der Waals surface area contributed by atoms with Crippen LogP contribution in [0.15, 0.2) is 0 Å². The quantitative estimate of drug-likeness (QED) is 0.0422. The van der Waals surface area contributed by atoms with Crippen molar-refractivity contribution in [3.05, 3.63) is 0 Å². The summed E-state index contributed by atoms with van der Waals surface area (Å²) in [6, 6.07) is -0.609. The van der Waals surface area contributed by atoms with E-state index in [1.807, 2.05) is 13.8 Å².